The molecule has 1 aromatic carbocycles. The summed E-state index contributed by atoms with van der Waals surface area (Å²) in [6.07, 6.45) is 0.734. The minimum atomic E-state index is -4.01. The van der Waals surface area contributed by atoms with E-state index in [0.29, 0.717) is 6.42 Å². The number of hydrogen-bond acceptors (Lipinski definition) is 5. The largest absolute Gasteiger partial charge is 0.360 e. The molecule has 0 radical (unpaired) electrons. The molecule has 1 aliphatic heterocycles. The lowest BCUT2D eigenvalue weighted by Crippen LogP contribution is -2.43. The number of aryl methyl sites for hydroxylation is 2. The summed E-state index contributed by atoms with van der Waals surface area (Å²) in [5.41, 5.74) is -0.138. The van der Waals surface area contributed by atoms with Gasteiger partial charge in [-0.05, 0) is 38.8 Å². The van der Waals surface area contributed by atoms with Gasteiger partial charge in [-0.1, -0.05) is 5.16 Å². The predicted molar refractivity (Wildman–Crippen MR) is 87.9 cm³/mol. The maximum Gasteiger partial charge on any atom is 0.249 e. The number of sulfonamides is 1. The van der Waals surface area contributed by atoms with Gasteiger partial charge in [0.25, 0.3) is 0 Å². The van der Waals surface area contributed by atoms with E-state index in [4.69, 9.17) is 4.52 Å². The normalized spacial score (nSPS) is 18.2. The maximum absolute atomic E-state index is 13.7. The van der Waals surface area contributed by atoms with Crippen molar-refractivity contribution in [2.45, 2.75) is 37.6 Å². The molecule has 1 aliphatic rings. The van der Waals surface area contributed by atoms with Crippen molar-refractivity contribution in [2.75, 3.05) is 11.9 Å². The van der Waals surface area contributed by atoms with Crippen LogP contribution in [0.1, 0.15) is 24.3 Å². The highest BCUT2D eigenvalue weighted by Gasteiger charge is 2.42. The van der Waals surface area contributed by atoms with E-state index in [2.05, 4.69) is 10.5 Å². The van der Waals surface area contributed by atoms with Gasteiger partial charge in [0.05, 0.1) is 5.69 Å². The first-order valence-corrected chi connectivity index (χ1v) is 9.36. The summed E-state index contributed by atoms with van der Waals surface area (Å²) in [5.74, 6) is -2.11. The minimum absolute atomic E-state index is 0.0749. The van der Waals surface area contributed by atoms with E-state index in [-0.39, 0.29) is 35.0 Å². The lowest BCUT2D eigenvalue weighted by molar-refractivity contribution is -0.119. The molecule has 3 rings (SSSR count). The summed E-state index contributed by atoms with van der Waals surface area (Å²) >= 11 is 0. The van der Waals surface area contributed by atoms with Crippen molar-refractivity contribution in [1.82, 2.24) is 9.46 Å². The number of halogens is 2. The third-order valence-electron chi connectivity index (χ3n) is 4.23. The number of carbonyl (C=O) groups excluding carboxylic acids is 1. The second-order valence-corrected chi connectivity index (χ2v) is 7.87. The van der Waals surface area contributed by atoms with Crippen LogP contribution in [0.5, 0.6) is 0 Å². The van der Waals surface area contributed by atoms with E-state index < -0.39 is 33.6 Å². The number of anilines is 1. The van der Waals surface area contributed by atoms with Gasteiger partial charge >= 0.3 is 0 Å². The summed E-state index contributed by atoms with van der Waals surface area (Å²) in [6.45, 7) is 3.10. The number of rotatable bonds is 4. The molecule has 0 aliphatic carbocycles. The van der Waals surface area contributed by atoms with Crippen molar-refractivity contribution in [2.24, 2.45) is 0 Å². The van der Waals surface area contributed by atoms with Crippen LogP contribution in [0.15, 0.2) is 27.6 Å². The number of carbonyl (C=O) groups is 1. The second-order valence-electron chi connectivity index (χ2n) is 6.04. The van der Waals surface area contributed by atoms with Crippen LogP contribution in [0, 0.1) is 25.5 Å². The summed E-state index contributed by atoms with van der Waals surface area (Å²) in [4.78, 5) is 12.5. The molecule has 10 heteroatoms. The zero-order valence-electron chi connectivity index (χ0n) is 14.1. The number of amides is 1. The van der Waals surface area contributed by atoms with Crippen molar-refractivity contribution >= 4 is 21.6 Å². The molecule has 0 spiro atoms. The Labute approximate surface area is 149 Å². The molecule has 1 N–H and O–H groups in total. The Hall–Kier alpha value is -2.33. The van der Waals surface area contributed by atoms with Crippen molar-refractivity contribution in [3.8, 4) is 0 Å². The first-order valence-electron chi connectivity index (χ1n) is 7.92. The first kappa shape index (κ1) is 18.5. The quantitative estimate of drug-likeness (QED) is 0.872. The van der Waals surface area contributed by atoms with E-state index in [1.54, 1.807) is 0 Å². The molecule has 140 valence electrons. The fourth-order valence-corrected chi connectivity index (χ4v) is 5.01. The zero-order valence-corrected chi connectivity index (χ0v) is 14.9. The predicted octanol–water partition coefficient (Wildman–Crippen LogP) is 2.36. The third-order valence-corrected chi connectivity index (χ3v) is 6.38. The fourth-order valence-electron chi connectivity index (χ4n) is 3.06. The van der Waals surface area contributed by atoms with Gasteiger partial charge in [-0.2, -0.15) is 4.31 Å². The molecular formula is C16H17F2N3O4S. The maximum atomic E-state index is 13.7. The molecule has 1 fully saturated rings. The van der Waals surface area contributed by atoms with Crippen LogP contribution >= 0.6 is 0 Å². The molecule has 7 nitrogen and oxygen atoms in total. The average Bonchev–Trinajstić information content (AvgIpc) is 3.18. The van der Waals surface area contributed by atoms with Crippen molar-refractivity contribution in [3.63, 3.8) is 0 Å². The topological polar surface area (TPSA) is 92.5 Å². The molecule has 1 amide bonds. The summed E-state index contributed by atoms with van der Waals surface area (Å²) in [6, 6.07) is 1.62. The monoisotopic (exact) mass is 385 g/mol. The first-order chi connectivity index (χ1) is 12.2. The van der Waals surface area contributed by atoms with Crippen molar-refractivity contribution in [3.05, 3.63) is 41.3 Å². The molecule has 0 saturated carbocycles. The second kappa shape index (κ2) is 6.76. The Balaban J connectivity index is 1.88. The van der Waals surface area contributed by atoms with Crippen LogP contribution in [0.25, 0.3) is 0 Å². The van der Waals surface area contributed by atoms with Crippen LogP contribution in [0.4, 0.5) is 14.5 Å². The SMILES string of the molecule is Cc1noc(C)c1S(=O)(=O)N1CCCC1C(=O)Nc1cc(F)ccc1F. The summed E-state index contributed by atoms with van der Waals surface area (Å²) in [5, 5.41) is 5.91. The Morgan fingerprint density at radius 1 is 1.35 bits per heavy atom. The highest BCUT2D eigenvalue weighted by molar-refractivity contribution is 7.89. The van der Waals surface area contributed by atoms with E-state index in [0.717, 1.165) is 22.5 Å². The lowest BCUT2D eigenvalue weighted by Gasteiger charge is -2.23. The zero-order chi connectivity index (χ0) is 19.1. The lowest BCUT2D eigenvalue weighted by atomic mass is 10.2. The van der Waals surface area contributed by atoms with E-state index in [1.807, 2.05) is 0 Å². The molecule has 1 aromatic heterocycles. The van der Waals surface area contributed by atoms with Crippen molar-refractivity contribution < 1.29 is 26.5 Å². The molecule has 1 saturated heterocycles. The van der Waals surface area contributed by atoms with Gasteiger partial charge < -0.3 is 9.84 Å². The molecule has 2 heterocycles. The highest BCUT2D eigenvalue weighted by Crippen LogP contribution is 2.30. The molecule has 1 unspecified atom stereocenters. The molecule has 2 aromatic rings. The van der Waals surface area contributed by atoms with Crippen LogP contribution in [-0.2, 0) is 14.8 Å². The van der Waals surface area contributed by atoms with Gasteiger partial charge in [0, 0.05) is 12.6 Å². The smallest absolute Gasteiger partial charge is 0.249 e. The van der Waals surface area contributed by atoms with Gasteiger partial charge in [-0.25, -0.2) is 17.2 Å². The van der Waals surface area contributed by atoms with Crippen LogP contribution in [0.2, 0.25) is 0 Å². The molecule has 1 atom stereocenters. The Kier molecular flexibility index (Phi) is 4.80. The van der Waals surface area contributed by atoms with E-state index in [1.165, 1.54) is 13.8 Å². The molecule has 26 heavy (non-hydrogen) atoms. The van der Waals surface area contributed by atoms with Gasteiger partial charge in [-0.3, -0.25) is 4.79 Å². The number of nitrogens with zero attached hydrogens (tertiary/aromatic N) is 2. The Morgan fingerprint density at radius 2 is 2.08 bits per heavy atom. The summed E-state index contributed by atoms with van der Waals surface area (Å²) in [7, 11) is -4.01. The van der Waals surface area contributed by atoms with Crippen molar-refractivity contribution in [1.29, 1.82) is 0 Å². The average molecular weight is 385 g/mol. The summed E-state index contributed by atoms with van der Waals surface area (Å²) < 4.78 is 58.9. The number of nitrogens with one attached hydrogen (secondary N) is 1. The van der Waals surface area contributed by atoms with Gasteiger partial charge in [0.1, 0.15) is 28.3 Å². The van der Waals surface area contributed by atoms with Crippen LogP contribution < -0.4 is 5.32 Å². The number of aromatic nitrogens is 1. The molecule has 0 bridgehead atoms. The van der Waals surface area contributed by atoms with E-state index >= 15 is 0 Å². The van der Waals surface area contributed by atoms with Gasteiger partial charge in [-0.15, -0.1) is 0 Å². The standard InChI is InChI=1S/C16H17F2N3O4S/c1-9-15(10(2)25-20-9)26(23,24)21-7-3-4-14(21)16(22)19-13-8-11(17)5-6-12(13)18/h5-6,8,14H,3-4,7H2,1-2H3,(H,19,22). The minimum Gasteiger partial charge on any atom is -0.360 e. The highest BCUT2D eigenvalue weighted by atomic mass is 32.2. The van der Waals surface area contributed by atoms with Crippen LogP contribution in [0.3, 0.4) is 0 Å². The van der Waals surface area contributed by atoms with Gasteiger partial charge in [0.15, 0.2) is 5.76 Å². The number of benzene rings is 1. The number of hydrogen-bond donors (Lipinski definition) is 1. The Bertz CT molecular complexity index is 939. The molecular weight excluding hydrogens is 368 g/mol. The fraction of sp³-hybridized carbons (Fsp3) is 0.375. The van der Waals surface area contributed by atoms with E-state index in [9.17, 15) is 22.0 Å². The van der Waals surface area contributed by atoms with Gasteiger partial charge in [0.2, 0.25) is 15.9 Å². The van der Waals surface area contributed by atoms with Crippen LogP contribution in [-0.4, -0.2) is 36.4 Å². The third kappa shape index (κ3) is 3.21. The Morgan fingerprint density at radius 3 is 2.73 bits per heavy atom.